The number of benzene rings is 3. The third-order valence-corrected chi connectivity index (χ3v) is 4.04. The van der Waals surface area contributed by atoms with Crippen LogP contribution in [0.4, 0.5) is 17.1 Å². The van der Waals surface area contributed by atoms with Gasteiger partial charge in [-0.25, -0.2) is 0 Å². The Balaban J connectivity index is 1.96. The molecule has 3 aromatic carbocycles. The van der Waals surface area contributed by atoms with Crippen LogP contribution in [0, 0.1) is 0 Å². The molecule has 0 fully saturated rings. The number of nitrogens with one attached hydrogen (secondary N) is 2. The minimum Gasteiger partial charge on any atom is -0.455 e. The first-order chi connectivity index (χ1) is 13.1. The molecule has 6 heteroatoms. The summed E-state index contributed by atoms with van der Waals surface area (Å²) in [5.74, 6) is 1.08. The van der Waals surface area contributed by atoms with Gasteiger partial charge >= 0.3 is 0 Å². The second kappa shape index (κ2) is 8.47. The number of carbonyl (C=O) groups is 1. The number of hydrogen-bond acceptors (Lipinski definition) is 4. The molecule has 0 bridgehead atoms. The Hall–Kier alpha value is -3.18. The van der Waals surface area contributed by atoms with E-state index < -0.39 is 0 Å². The van der Waals surface area contributed by atoms with E-state index in [9.17, 15) is 4.79 Å². The molecule has 0 aromatic heterocycles. The van der Waals surface area contributed by atoms with Crippen LogP contribution in [-0.4, -0.2) is 12.5 Å². The van der Waals surface area contributed by atoms with Gasteiger partial charge in [0, 0.05) is 17.3 Å². The standard InChI is InChI=1S/C21H20ClN3O2/c1-2-24-21(26)17-13-15(23)9-10-18(17)25-19-12-14(22)8-11-20(19)27-16-6-4-3-5-7-16/h3-13,25H,2,23H2,1H3,(H,24,26). The Morgan fingerprint density at radius 3 is 2.56 bits per heavy atom. The summed E-state index contributed by atoms with van der Waals surface area (Å²) in [5.41, 5.74) is 8.06. The number of nitrogen functional groups attached to an aromatic ring is 1. The summed E-state index contributed by atoms with van der Waals surface area (Å²) in [4.78, 5) is 12.4. The molecule has 0 aliphatic heterocycles. The Labute approximate surface area is 163 Å². The van der Waals surface area contributed by atoms with Gasteiger partial charge in [0.15, 0.2) is 5.75 Å². The van der Waals surface area contributed by atoms with Crippen molar-refractivity contribution < 1.29 is 9.53 Å². The van der Waals surface area contributed by atoms with E-state index in [0.29, 0.717) is 45.7 Å². The van der Waals surface area contributed by atoms with Crippen LogP contribution >= 0.6 is 11.6 Å². The second-order valence-electron chi connectivity index (χ2n) is 5.85. The van der Waals surface area contributed by atoms with Gasteiger partial charge in [-0.2, -0.15) is 0 Å². The van der Waals surface area contributed by atoms with Gasteiger partial charge in [-0.3, -0.25) is 4.79 Å². The first kappa shape index (κ1) is 18.6. The molecule has 3 rings (SSSR count). The summed E-state index contributed by atoms with van der Waals surface area (Å²) in [5, 5.41) is 6.58. The molecule has 0 radical (unpaired) electrons. The van der Waals surface area contributed by atoms with E-state index in [0.717, 1.165) is 0 Å². The van der Waals surface area contributed by atoms with Crippen molar-refractivity contribution in [3.8, 4) is 11.5 Å². The number of carbonyl (C=O) groups excluding carboxylic acids is 1. The van der Waals surface area contributed by atoms with Gasteiger partial charge in [0.1, 0.15) is 5.75 Å². The summed E-state index contributed by atoms with van der Waals surface area (Å²) < 4.78 is 5.96. The molecule has 138 valence electrons. The van der Waals surface area contributed by atoms with E-state index in [1.54, 1.807) is 36.4 Å². The molecular weight excluding hydrogens is 362 g/mol. The van der Waals surface area contributed by atoms with E-state index in [1.807, 2.05) is 37.3 Å². The topological polar surface area (TPSA) is 76.4 Å². The van der Waals surface area contributed by atoms with Crippen molar-refractivity contribution in [1.82, 2.24) is 5.32 Å². The lowest BCUT2D eigenvalue weighted by atomic mass is 10.1. The van der Waals surface area contributed by atoms with Crippen molar-refractivity contribution in [1.29, 1.82) is 0 Å². The molecule has 0 saturated heterocycles. The molecule has 0 aliphatic rings. The average Bonchev–Trinajstić information content (AvgIpc) is 2.66. The zero-order valence-electron chi connectivity index (χ0n) is 14.8. The van der Waals surface area contributed by atoms with Gasteiger partial charge in [-0.1, -0.05) is 29.8 Å². The Morgan fingerprint density at radius 1 is 1.04 bits per heavy atom. The van der Waals surface area contributed by atoms with Gasteiger partial charge in [0.25, 0.3) is 5.91 Å². The number of amides is 1. The zero-order valence-corrected chi connectivity index (χ0v) is 15.6. The molecule has 0 atom stereocenters. The van der Waals surface area contributed by atoms with E-state index in [2.05, 4.69) is 10.6 Å². The second-order valence-corrected chi connectivity index (χ2v) is 6.28. The highest BCUT2D eigenvalue weighted by Crippen LogP contribution is 2.35. The lowest BCUT2D eigenvalue weighted by Crippen LogP contribution is -2.23. The Morgan fingerprint density at radius 2 is 1.81 bits per heavy atom. The molecule has 1 amide bonds. The van der Waals surface area contributed by atoms with Crippen LogP contribution in [0.15, 0.2) is 66.7 Å². The molecule has 0 spiro atoms. The van der Waals surface area contributed by atoms with Gasteiger partial charge in [0.05, 0.1) is 16.9 Å². The highest BCUT2D eigenvalue weighted by molar-refractivity contribution is 6.31. The number of anilines is 3. The van der Waals surface area contributed by atoms with Gasteiger partial charge < -0.3 is 21.1 Å². The van der Waals surface area contributed by atoms with E-state index >= 15 is 0 Å². The SMILES string of the molecule is CCNC(=O)c1cc(N)ccc1Nc1cc(Cl)ccc1Oc1ccccc1. The predicted octanol–water partition coefficient (Wildman–Crippen LogP) is 5.21. The van der Waals surface area contributed by atoms with E-state index in [-0.39, 0.29) is 5.91 Å². The summed E-state index contributed by atoms with van der Waals surface area (Å²) in [6.07, 6.45) is 0. The summed E-state index contributed by atoms with van der Waals surface area (Å²) in [7, 11) is 0. The summed E-state index contributed by atoms with van der Waals surface area (Å²) in [6, 6.07) is 19.8. The molecular formula is C21H20ClN3O2. The number of para-hydroxylation sites is 1. The molecule has 0 aliphatic carbocycles. The maximum Gasteiger partial charge on any atom is 0.253 e. The number of ether oxygens (including phenoxy) is 1. The molecule has 5 nitrogen and oxygen atoms in total. The Kier molecular flexibility index (Phi) is 5.84. The number of nitrogens with two attached hydrogens (primary N) is 1. The van der Waals surface area contributed by atoms with Crippen molar-refractivity contribution in [2.24, 2.45) is 0 Å². The van der Waals surface area contributed by atoms with Crippen molar-refractivity contribution in [2.75, 3.05) is 17.6 Å². The first-order valence-corrected chi connectivity index (χ1v) is 8.92. The fourth-order valence-corrected chi connectivity index (χ4v) is 2.74. The monoisotopic (exact) mass is 381 g/mol. The number of rotatable bonds is 6. The molecule has 0 unspecified atom stereocenters. The normalized spacial score (nSPS) is 10.3. The van der Waals surface area contributed by atoms with Crippen LogP contribution in [0.1, 0.15) is 17.3 Å². The van der Waals surface area contributed by atoms with Crippen LogP contribution in [0.2, 0.25) is 5.02 Å². The minimum absolute atomic E-state index is 0.208. The first-order valence-electron chi connectivity index (χ1n) is 8.54. The minimum atomic E-state index is -0.208. The summed E-state index contributed by atoms with van der Waals surface area (Å²) >= 11 is 6.17. The fourth-order valence-electron chi connectivity index (χ4n) is 2.56. The molecule has 0 saturated carbocycles. The summed E-state index contributed by atoms with van der Waals surface area (Å²) in [6.45, 7) is 2.38. The number of halogens is 1. The third kappa shape index (κ3) is 4.71. The van der Waals surface area contributed by atoms with Crippen LogP contribution in [0.3, 0.4) is 0 Å². The van der Waals surface area contributed by atoms with Gasteiger partial charge in [0.2, 0.25) is 0 Å². The van der Waals surface area contributed by atoms with E-state index in [4.69, 9.17) is 22.1 Å². The maximum atomic E-state index is 12.4. The number of hydrogen-bond donors (Lipinski definition) is 3. The quantitative estimate of drug-likeness (QED) is 0.512. The molecule has 4 N–H and O–H groups in total. The third-order valence-electron chi connectivity index (χ3n) is 3.81. The highest BCUT2D eigenvalue weighted by Gasteiger charge is 2.14. The van der Waals surface area contributed by atoms with Gasteiger partial charge in [-0.05, 0) is 55.5 Å². The van der Waals surface area contributed by atoms with E-state index in [1.165, 1.54) is 0 Å². The largest absolute Gasteiger partial charge is 0.455 e. The molecule has 0 heterocycles. The predicted molar refractivity (Wildman–Crippen MR) is 110 cm³/mol. The van der Waals surface area contributed by atoms with Crippen molar-refractivity contribution in [2.45, 2.75) is 6.92 Å². The van der Waals surface area contributed by atoms with Crippen LogP contribution in [0.5, 0.6) is 11.5 Å². The average molecular weight is 382 g/mol. The van der Waals surface area contributed by atoms with Crippen molar-refractivity contribution >= 4 is 34.6 Å². The molecule has 27 heavy (non-hydrogen) atoms. The lowest BCUT2D eigenvalue weighted by Gasteiger charge is -2.16. The molecule has 3 aromatic rings. The van der Waals surface area contributed by atoms with Crippen molar-refractivity contribution in [3.05, 3.63) is 77.3 Å². The fraction of sp³-hybridized carbons (Fsp3) is 0.0952. The maximum absolute atomic E-state index is 12.4. The lowest BCUT2D eigenvalue weighted by molar-refractivity contribution is 0.0956. The Bertz CT molecular complexity index is 945. The van der Waals surface area contributed by atoms with Crippen LogP contribution in [-0.2, 0) is 0 Å². The zero-order chi connectivity index (χ0) is 19.2. The smallest absolute Gasteiger partial charge is 0.253 e. The van der Waals surface area contributed by atoms with Crippen molar-refractivity contribution in [3.63, 3.8) is 0 Å². The van der Waals surface area contributed by atoms with Gasteiger partial charge in [-0.15, -0.1) is 0 Å². The highest BCUT2D eigenvalue weighted by atomic mass is 35.5. The van der Waals surface area contributed by atoms with Crippen LogP contribution in [0.25, 0.3) is 0 Å². The van der Waals surface area contributed by atoms with Crippen LogP contribution < -0.4 is 21.1 Å².